The minimum Gasteiger partial charge on any atom is -0.466 e. The summed E-state index contributed by atoms with van der Waals surface area (Å²) in [7, 11) is 0. The highest BCUT2D eigenvalue weighted by Gasteiger charge is 2.05. The van der Waals surface area contributed by atoms with E-state index in [1.807, 2.05) is 0 Å². The van der Waals surface area contributed by atoms with Gasteiger partial charge >= 0.3 is 5.97 Å². The number of anilines is 1. The Balaban J connectivity index is 2.74. The first-order valence-corrected chi connectivity index (χ1v) is 5.11. The van der Waals surface area contributed by atoms with E-state index in [4.69, 9.17) is 5.73 Å². The zero-order valence-corrected chi connectivity index (χ0v) is 9.37. The normalized spacial score (nSPS) is 10.8. The maximum Gasteiger partial charge on any atom is 0.309 e. The molecule has 0 aliphatic carbocycles. The van der Waals surface area contributed by atoms with E-state index in [0.29, 0.717) is 12.7 Å². The molecule has 0 amide bonds. The predicted molar refractivity (Wildman–Crippen MR) is 61.1 cm³/mol. The fraction of sp³-hybridized carbons (Fsp3) is 0.250. The number of carbonyl (C=O) groups is 1. The highest BCUT2D eigenvalue weighted by Crippen LogP contribution is 2.19. The van der Waals surface area contributed by atoms with E-state index >= 15 is 0 Å². The van der Waals surface area contributed by atoms with Gasteiger partial charge in [-0.2, -0.15) is 0 Å². The number of halogens is 2. The molecular weight excluding hydrogens is 228 g/mol. The summed E-state index contributed by atoms with van der Waals surface area (Å²) in [5.41, 5.74) is 5.47. The third kappa shape index (κ3) is 3.86. The van der Waals surface area contributed by atoms with Crippen LogP contribution in [0, 0.1) is 11.6 Å². The van der Waals surface area contributed by atoms with Crippen LogP contribution in [0.3, 0.4) is 0 Å². The number of benzene rings is 1. The summed E-state index contributed by atoms with van der Waals surface area (Å²) in [4.78, 5) is 11.0. The quantitative estimate of drug-likeness (QED) is 0.651. The molecular formula is C12H13F2NO2. The molecule has 17 heavy (non-hydrogen) atoms. The van der Waals surface area contributed by atoms with Crippen LogP contribution in [0.5, 0.6) is 0 Å². The molecule has 0 aromatic heterocycles. The van der Waals surface area contributed by atoms with Gasteiger partial charge in [0.25, 0.3) is 0 Å². The van der Waals surface area contributed by atoms with Crippen LogP contribution in [-0.4, -0.2) is 12.6 Å². The van der Waals surface area contributed by atoms with Crippen molar-refractivity contribution in [3.05, 3.63) is 35.4 Å². The van der Waals surface area contributed by atoms with Gasteiger partial charge in [0.05, 0.1) is 18.7 Å². The molecule has 0 unspecified atom stereocenters. The highest BCUT2D eigenvalue weighted by molar-refractivity contribution is 5.74. The van der Waals surface area contributed by atoms with Gasteiger partial charge in [0.15, 0.2) is 0 Å². The summed E-state index contributed by atoms with van der Waals surface area (Å²) in [6, 6.07) is 1.80. The average Bonchev–Trinajstić information content (AvgIpc) is 2.25. The summed E-state index contributed by atoms with van der Waals surface area (Å²) in [5, 5.41) is 0. The Morgan fingerprint density at radius 3 is 2.82 bits per heavy atom. The van der Waals surface area contributed by atoms with E-state index in [9.17, 15) is 13.6 Å². The Morgan fingerprint density at radius 2 is 2.18 bits per heavy atom. The van der Waals surface area contributed by atoms with Gasteiger partial charge in [-0.25, -0.2) is 8.78 Å². The Kier molecular flexibility index (Phi) is 4.63. The number of hydrogen-bond donors (Lipinski definition) is 1. The van der Waals surface area contributed by atoms with Crippen molar-refractivity contribution in [1.29, 1.82) is 0 Å². The molecule has 0 spiro atoms. The lowest BCUT2D eigenvalue weighted by molar-refractivity contribution is -0.142. The largest absolute Gasteiger partial charge is 0.466 e. The molecule has 1 rings (SSSR count). The Bertz CT molecular complexity index is 444. The second-order valence-corrected chi connectivity index (χ2v) is 3.30. The minimum atomic E-state index is -0.819. The first-order valence-electron chi connectivity index (χ1n) is 5.11. The topological polar surface area (TPSA) is 52.3 Å². The molecule has 0 saturated heterocycles. The van der Waals surface area contributed by atoms with Crippen molar-refractivity contribution in [3.8, 4) is 0 Å². The van der Waals surface area contributed by atoms with Crippen LogP contribution in [-0.2, 0) is 9.53 Å². The molecule has 0 heterocycles. The van der Waals surface area contributed by atoms with E-state index in [2.05, 4.69) is 4.74 Å². The first kappa shape index (κ1) is 13.2. The average molecular weight is 241 g/mol. The molecule has 0 saturated carbocycles. The summed E-state index contributed by atoms with van der Waals surface area (Å²) in [6.45, 7) is 1.99. The lowest BCUT2D eigenvalue weighted by atomic mass is 10.1. The van der Waals surface area contributed by atoms with Gasteiger partial charge in [-0.15, -0.1) is 0 Å². The Hall–Kier alpha value is -1.91. The van der Waals surface area contributed by atoms with Crippen molar-refractivity contribution in [1.82, 2.24) is 0 Å². The molecule has 1 aromatic rings. The highest BCUT2D eigenvalue weighted by atomic mass is 19.1. The maximum absolute atomic E-state index is 13.1. The molecule has 2 N–H and O–H groups in total. The van der Waals surface area contributed by atoms with Crippen molar-refractivity contribution in [2.45, 2.75) is 13.3 Å². The van der Waals surface area contributed by atoms with Crippen molar-refractivity contribution < 1.29 is 18.3 Å². The molecule has 92 valence electrons. The molecule has 0 fully saturated rings. The third-order valence-electron chi connectivity index (χ3n) is 2.01. The van der Waals surface area contributed by atoms with E-state index in [1.165, 1.54) is 12.2 Å². The van der Waals surface area contributed by atoms with E-state index in [-0.39, 0.29) is 17.7 Å². The molecule has 0 atom stereocenters. The van der Waals surface area contributed by atoms with E-state index in [0.717, 1.165) is 6.07 Å². The Labute approximate surface area is 97.9 Å². The van der Waals surface area contributed by atoms with Crippen LogP contribution < -0.4 is 5.73 Å². The molecule has 0 radical (unpaired) electrons. The zero-order valence-electron chi connectivity index (χ0n) is 9.37. The molecule has 0 aliphatic rings. The summed E-state index contributed by atoms with van der Waals surface area (Å²) < 4.78 is 30.6. The van der Waals surface area contributed by atoms with E-state index < -0.39 is 17.6 Å². The SMILES string of the molecule is CCOC(=O)CC=Cc1cc(F)cc(F)c1N. The van der Waals surface area contributed by atoms with Crippen LogP contribution >= 0.6 is 0 Å². The van der Waals surface area contributed by atoms with Crippen LogP contribution in [0.25, 0.3) is 6.08 Å². The van der Waals surface area contributed by atoms with Crippen molar-refractivity contribution in [2.24, 2.45) is 0 Å². The number of hydrogen-bond acceptors (Lipinski definition) is 3. The van der Waals surface area contributed by atoms with Crippen LogP contribution in [0.2, 0.25) is 0 Å². The van der Waals surface area contributed by atoms with Crippen molar-refractivity contribution in [3.63, 3.8) is 0 Å². The van der Waals surface area contributed by atoms with Crippen molar-refractivity contribution in [2.75, 3.05) is 12.3 Å². The van der Waals surface area contributed by atoms with E-state index in [1.54, 1.807) is 6.92 Å². The van der Waals surface area contributed by atoms with Gasteiger partial charge in [-0.1, -0.05) is 12.2 Å². The van der Waals surface area contributed by atoms with Crippen LogP contribution in [0.15, 0.2) is 18.2 Å². The smallest absolute Gasteiger partial charge is 0.309 e. The maximum atomic E-state index is 13.1. The monoisotopic (exact) mass is 241 g/mol. The lowest BCUT2D eigenvalue weighted by Gasteiger charge is -2.02. The fourth-order valence-corrected chi connectivity index (χ4v) is 1.24. The van der Waals surface area contributed by atoms with Gasteiger partial charge in [0, 0.05) is 11.6 Å². The Morgan fingerprint density at radius 1 is 1.47 bits per heavy atom. The number of esters is 1. The minimum absolute atomic E-state index is 0.0331. The van der Waals surface area contributed by atoms with Gasteiger partial charge in [0.2, 0.25) is 0 Å². The fourth-order valence-electron chi connectivity index (χ4n) is 1.24. The second-order valence-electron chi connectivity index (χ2n) is 3.30. The molecule has 5 heteroatoms. The molecule has 3 nitrogen and oxygen atoms in total. The van der Waals surface area contributed by atoms with Gasteiger partial charge < -0.3 is 10.5 Å². The van der Waals surface area contributed by atoms with Gasteiger partial charge in [-0.3, -0.25) is 4.79 Å². The molecule has 1 aromatic carbocycles. The van der Waals surface area contributed by atoms with Crippen LogP contribution in [0.1, 0.15) is 18.9 Å². The third-order valence-corrected chi connectivity index (χ3v) is 2.01. The summed E-state index contributed by atoms with van der Waals surface area (Å²) in [6.07, 6.45) is 2.87. The molecule has 0 aliphatic heterocycles. The summed E-state index contributed by atoms with van der Waals surface area (Å²) >= 11 is 0. The number of nitrogen functional groups attached to an aromatic ring is 1. The van der Waals surface area contributed by atoms with Crippen LogP contribution in [0.4, 0.5) is 14.5 Å². The van der Waals surface area contributed by atoms with Gasteiger partial charge in [0.1, 0.15) is 11.6 Å². The van der Waals surface area contributed by atoms with Gasteiger partial charge in [-0.05, 0) is 13.0 Å². The lowest BCUT2D eigenvalue weighted by Crippen LogP contribution is -2.01. The number of nitrogens with two attached hydrogens (primary N) is 1. The van der Waals surface area contributed by atoms with Crippen molar-refractivity contribution >= 4 is 17.7 Å². The molecule has 0 bridgehead atoms. The number of rotatable bonds is 4. The summed E-state index contributed by atoms with van der Waals surface area (Å²) in [5.74, 6) is -1.94. The zero-order chi connectivity index (χ0) is 12.8. The second kappa shape index (κ2) is 5.98. The number of ether oxygens (including phenoxy) is 1. The first-order chi connectivity index (χ1) is 8.04. The number of carbonyl (C=O) groups excluding carboxylic acids is 1. The predicted octanol–water partition coefficient (Wildman–Crippen LogP) is 2.51. The standard InChI is InChI=1S/C12H13F2NO2/c1-2-17-11(16)5-3-4-8-6-9(13)7-10(14)12(8)15/h3-4,6-7H,2,5,15H2,1H3.